The third-order valence-corrected chi connectivity index (χ3v) is 5.18. The Bertz CT molecular complexity index is 999. The fraction of sp³-hybridized carbons (Fsp3) is 0.286. The Labute approximate surface area is 167 Å². The summed E-state index contributed by atoms with van der Waals surface area (Å²) in [6.45, 7) is 3.95. The summed E-state index contributed by atoms with van der Waals surface area (Å²) in [7, 11) is 1.64. The van der Waals surface area contributed by atoms with Crippen LogP contribution in [0.2, 0.25) is 0 Å². The summed E-state index contributed by atoms with van der Waals surface area (Å²) in [6, 6.07) is 11.8. The fourth-order valence-electron chi connectivity index (χ4n) is 2.81. The van der Waals surface area contributed by atoms with E-state index >= 15 is 0 Å². The monoisotopic (exact) mass is 398 g/mol. The zero-order chi connectivity index (χ0) is 20.1. The maximum Gasteiger partial charge on any atom is 0.311 e. The lowest BCUT2D eigenvalue weighted by atomic mass is 9.97. The molecule has 0 saturated carbocycles. The van der Waals surface area contributed by atoms with Crippen LogP contribution in [-0.4, -0.2) is 30.6 Å². The fourth-order valence-corrected chi connectivity index (χ4v) is 3.52. The largest absolute Gasteiger partial charge is 0.497 e. The van der Waals surface area contributed by atoms with E-state index in [0.717, 1.165) is 22.1 Å². The van der Waals surface area contributed by atoms with Gasteiger partial charge in [-0.1, -0.05) is 24.3 Å². The number of nitrogens with one attached hydrogen (secondary N) is 1. The number of methoxy groups -OCH3 is 1. The molecule has 0 aliphatic rings. The summed E-state index contributed by atoms with van der Waals surface area (Å²) in [6.07, 6.45) is 0.101. The van der Waals surface area contributed by atoms with Gasteiger partial charge in [-0.15, -0.1) is 11.3 Å². The molecule has 6 nitrogen and oxygen atoms in total. The average molecular weight is 398 g/mol. The number of carbonyl (C=O) groups is 2. The molecule has 1 aromatic heterocycles. The summed E-state index contributed by atoms with van der Waals surface area (Å²) < 4.78 is 10.2. The van der Waals surface area contributed by atoms with Crippen LogP contribution in [0.15, 0.2) is 41.8 Å². The van der Waals surface area contributed by atoms with Crippen molar-refractivity contribution in [2.75, 3.05) is 19.0 Å². The second-order valence-electron chi connectivity index (χ2n) is 6.31. The predicted molar refractivity (Wildman–Crippen MR) is 110 cm³/mol. The van der Waals surface area contributed by atoms with Crippen LogP contribution in [0.4, 0.5) is 5.13 Å². The minimum absolute atomic E-state index is 0.101. The standard InChI is InChI=1S/C21H22N2O4S/c1-4-27-19(24)11-17-12-28-21(22-17)23-20(25)13(2)14-5-6-16-10-18(26-3)8-7-15(16)9-14/h5-10,12-13H,4,11H2,1-3H3,(H,22,23,25)/t13-/m0/s1. The molecular formula is C21H22N2O4S. The number of fused-ring (bicyclic) bond motifs is 1. The minimum atomic E-state index is -0.344. The van der Waals surface area contributed by atoms with Gasteiger partial charge < -0.3 is 14.8 Å². The maximum absolute atomic E-state index is 12.6. The number of benzene rings is 2. The summed E-state index contributed by atoms with van der Waals surface area (Å²) in [5.74, 6) is -0.0194. The van der Waals surface area contributed by atoms with Crippen LogP contribution in [-0.2, 0) is 20.7 Å². The molecule has 0 aliphatic heterocycles. The molecule has 146 valence electrons. The first-order valence-corrected chi connectivity index (χ1v) is 9.86. The first-order chi connectivity index (χ1) is 13.5. The highest BCUT2D eigenvalue weighted by Crippen LogP contribution is 2.26. The molecule has 1 N–H and O–H groups in total. The van der Waals surface area contributed by atoms with E-state index in [0.29, 0.717) is 17.4 Å². The van der Waals surface area contributed by atoms with Gasteiger partial charge in [-0.3, -0.25) is 9.59 Å². The normalized spacial score (nSPS) is 11.8. The van der Waals surface area contributed by atoms with E-state index in [2.05, 4.69) is 10.3 Å². The lowest BCUT2D eigenvalue weighted by molar-refractivity contribution is -0.142. The van der Waals surface area contributed by atoms with Crippen molar-refractivity contribution in [2.45, 2.75) is 26.2 Å². The SMILES string of the molecule is CCOC(=O)Cc1csc(NC(=O)[C@@H](C)c2ccc3cc(OC)ccc3c2)n1. The van der Waals surface area contributed by atoms with E-state index in [4.69, 9.17) is 9.47 Å². The number of nitrogens with zero attached hydrogens (tertiary/aromatic N) is 1. The molecule has 0 spiro atoms. The molecule has 3 rings (SSSR count). The number of anilines is 1. The number of hydrogen-bond acceptors (Lipinski definition) is 6. The molecule has 0 saturated heterocycles. The Morgan fingerprint density at radius 1 is 1.18 bits per heavy atom. The van der Waals surface area contributed by atoms with E-state index in [1.54, 1.807) is 19.4 Å². The molecule has 0 fully saturated rings. The van der Waals surface area contributed by atoms with E-state index in [9.17, 15) is 9.59 Å². The van der Waals surface area contributed by atoms with Crippen molar-refractivity contribution < 1.29 is 19.1 Å². The van der Waals surface area contributed by atoms with Crippen molar-refractivity contribution in [3.8, 4) is 5.75 Å². The van der Waals surface area contributed by atoms with Crippen LogP contribution in [0.3, 0.4) is 0 Å². The highest BCUT2D eigenvalue weighted by atomic mass is 32.1. The van der Waals surface area contributed by atoms with Gasteiger partial charge in [0.2, 0.25) is 5.91 Å². The lowest BCUT2D eigenvalue weighted by Gasteiger charge is -2.12. The van der Waals surface area contributed by atoms with Crippen molar-refractivity contribution in [1.29, 1.82) is 0 Å². The highest BCUT2D eigenvalue weighted by Gasteiger charge is 2.18. The number of hydrogen-bond donors (Lipinski definition) is 1. The molecule has 1 atom stereocenters. The lowest BCUT2D eigenvalue weighted by Crippen LogP contribution is -2.18. The van der Waals surface area contributed by atoms with Crippen molar-refractivity contribution >= 4 is 39.1 Å². The van der Waals surface area contributed by atoms with Gasteiger partial charge in [-0.2, -0.15) is 0 Å². The van der Waals surface area contributed by atoms with Gasteiger partial charge in [0.1, 0.15) is 5.75 Å². The number of rotatable bonds is 7. The first kappa shape index (κ1) is 19.8. The van der Waals surface area contributed by atoms with Crippen molar-refractivity contribution in [1.82, 2.24) is 4.98 Å². The van der Waals surface area contributed by atoms with Crippen LogP contribution >= 0.6 is 11.3 Å². The van der Waals surface area contributed by atoms with Crippen molar-refractivity contribution in [3.05, 3.63) is 53.0 Å². The van der Waals surface area contributed by atoms with E-state index in [-0.39, 0.29) is 24.2 Å². The first-order valence-electron chi connectivity index (χ1n) is 8.98. The Balaban J connectivity index is 1.68. The number of carbonyl (C=O) groups excluding carboxylic acids is 2. The topological polar surface area (TPSA) is 77.5 Å². The van der Waals surface area contributed by atoms with Crippen molar-refractivity contribution in [3.63, 3.8) is 0 Å². The highest BCUT2D eigenvalue weighted by molar-refractivity contribution is 7.13. The molecule has 0 unspecified atom stereocenters. The second-order valence-corrected chi connectivity index (χ2v) is 7.17. The van der Waals surface area contributed by atoms with Gasteiger partial charge in [-0.25, -0.2) is 4.98 Å². The van der Waals surface area contributed by atoms with Gasteiger partial charge in [0.05, 0.1) is 31.7 Å². The average Bonchev–Trinajstić information content (AvgIpc) is 3.13. The zero-order valence-corrected chi connectivity index (χ0v) is 16.8. The second kappa shape index (κ2) is 8.84. The number of thiazole rings is 1. The van der Waals surface area contributed by atoms with E-state index in [1.165, 1.54) is 11.3 Å². The van der Waals surface area contributed by atoms with Gasteiger partial charge in [0.15, 0.2) is 5.13 Å². The molecular weight excluding hydrogens is 376 g/mol. The van der Waals surface area contributed by atoms with Gasteiger partial charge >= 0.3 is 5.97 Å². The number of ether oxygens (including phenoxy) is 2. The Morgan fingerprint density at radius 3 is 2.68 bits per heavy atom. The summed E-state index contributed by atoms with van der Waals surface area (Å²) in [5.41, 5.74) is 1.50. The van der Waals surface area contributed by atoms with Crippen molar-refractivity contribution in [2.24, 2.45) is 0 Å². The number of amides is 1. The van der Waals surface area contributed by atoms with Crippen LogP contribution in [0.5, 0.6) is 5.75 Å². The van der Waals surface area contributed by atoms with Crippen LogP contribution in [0.1, 0.15) is 31.0 Å². The van der Waals surface area contributed by atoms with Crippen LogP contribution < -0.4 is 10.1 Å². The third kappa shape index (κ3) is 4.67. The zero-order valence-electron chi connectivity index (χ0n) is 16.0. The molecule has 1 heterocycles. The Kier molecular flexibility index (Phi) is 6.26. The molecule has 0 bridgehead atoms. The Hall–Kier alpha value is -2.93. The molecule has 0 radical (unpaired) electrons. The molecule has 7 heteroatoms. The predicted octanol–water partition coefficient (Wildman–Crippen LogP) is 4.15. The molecule has 3 aromatic rings. The van der Waals surface area contributed by atoms with Crippen LogP contribution in [0, 0.1) is 0 Å². The van der Waals surface area contributed by atoms with Gasteiger partial charge in [-0.05, 0) is 42.3 Å². The maximum atomic E-state index is 12.6. The third-order valence-electron chi connectivity index (χ3n) is 4.38. The minimum Gasteiger partial charge on any atom is -0.497 e. The Morgan fingerprint density at radius 2 is 1.93 bits per heavy atom. The van der Waals surface area contributed by atoms with Gasteiger partial charge in [0.25, 0.3) is 0 Å². The molecule has 28 heavy (non-hydrogen) atoms. The van der Waals surface area contributed by atoms with Gasteiger partial charge in [0, 0.05) is 5.38 Å². The molecule has 0 aliphatic carbocycles. The van der Waals surface area contributed by atoms with E-state index < -0.39 is 0 Å². The summed E-state index contributed by atoms with van der Waals surface area (Å²) >= 11 is 1.29. The quantitative estimate of drug-likeness (QED) is 0.605. The van der Waals surface area contributed by atoms with Crippen LogP contribution in [0.25, 0.3) is 10.8 Å². The van der Waals surface area contributed by atoms with E-state index in [1.807, 2.05) is 43.3 Å². The molecule has 1 amide bonds. The summed E-state index contributed by atoms with van der Waals surface area (Å²) in [4.78, 5) is 28.4. The smallest absolute Gasteiger partial charge is 0.311 e. The summed E-state index contributed by atoms with van der Waals surface area (Å²) in [5, 5.41) is 7.15. The number of esters is 1. The number of aromatic nitrogens is 1. The molecule has 2 aromatic carbocycles.